The van der Waals surface area contributed by atoms with Crippen molar-refractivity contribution in [1.82, 2.24) is 0 Å². The van der Waals surface area contributed by atoms with Gasteiger partial charge in [-0.3, -0.25) is 18.2 Å². The number of sulfonamides is 2. The molecule has 188 valence electrons. The van der Waals surface area contributed by atoms with Crippen molar-refractivity contribution in [3.63, 3.8) is 0 Å². The van der Waals surface area contributed by atoms with E-state index in [-0.39, 0.29) is 11.6 Å². The average Bonchev–Trinajstić information content (AvgIpc) is 2.76. The third-order valence-electron chi connectivity index (χ3n) is 4.85. The minimum Gasteiger partial charge on any atom is -0.496 e. The molecule has 0 spiro atoms. The Labute approximate surface area is 201 Å². The number of carbonyl (C=O) groups excluding carboxylic acids is 2. The van der Waals surface area contributed by atoms with Crippen LogP contribution in [-0.4, -0.2) is 69.2 Å². The van der Waals surface area contributed by atoms with Crippen LogP contribution in [0.25, 0.3) is 0 Å². The summed E-state index contributed by atoms with van der Waals surface area (Å²) in [7, 11) is -0.973. The van der Waals surface area contributed by atoms with Crippen molar-refractivity contribution in [3.8, 4) is 11.5 Å². The van der Waals surface area contributed by atoms with Gasteiger partial charge in [0.1, 0.15) is 11.5 Å². The van der Waals surface area contributed by atoms with Crippen molar-refractivity contribution in [2.75, 3.05) is 49.4 Å². The summed E-state index contributed by atoms with van der Waals surface area (Å²) in [4.78, 5) is 22.7. The number of Topliss-reactive ketones (excluding diaryl/α,β-unsaturated/α-hetero) is 2. The van der Waals surface area contributed by atoms with Crippen LogP contribution in [0.1, 0.15) is 34.6 Å². The number of ketones is 2. The Morgan fingerprint density at radius 1 is 0.735 bits per heavy atom. The normalized spacial score (nSPS) is 11.1. The Hall–Kier alpha value is -3.12. The van der Waals surface area contributed by atoms with Gasteiger partial charge in [0.2, 0.25) is 20.0 Å². The lowest BCUT2D eigenvalue weighted by atomic mass is 10.1. The lowest BCUT2D eigenvalue weighted by Gasteiger charge is -2.19. The van der Waals surface area contributed by atoms with Crippen LogP contribution < -0.4 is 18.1 Å². The maximum Gasteiger partial charge on any atom is 0.232 e. The lowest BCUT2D eigenvalue weighted by molar-refractivity contribution is 0.100. The van der Waals surface area contributed by atoms with E-state index >= 15 is 0 Å². The molecule has 2 aromatic carbocycles. The Morgan fingerprint density at radius 3 is 1.65 bits per heavy atom. The standard InChI is InChI=1S/2C11H15NO4S/c1-8(13)10-7-9(5-6-11(10)16-3)12(2)17(4,14)15;1-8(13)9-5-6-11(16-3)10(7-9)12(2)17(4,14)15/h2*5-7H,1-4H3. The van der Waals surface area contributed by atoms with Gasteiger partial charge in [-0.2, -0.15) is 0 Å². The highest BCUT2D eigenvalue weighted by molar-refractivity contribution is 7.92. The summed E-state index contributed by atoms with van der Waals surface area (Å²) >= 11 is 0. The van der Waals surface area contributed by atoms with Crippen molar-refractivity contribution < 1.29 is 35.9 Å². The highest BCUT2D eigenvalue weighted by atomic mass is 32.2. The second-order valence-electron chi connectivity index (χ2n) is 7.34. The maximum absolute atomic E-state index is 11.5. The third-order valence-corrected chi connectivity index (χ3v) is 7.24. The smallest absolute Gasteiger partial charge is 0.232 e. The van der Waals surface area contributed by atoms with Gasteiger partial charge in [0.05, 0.1) is 43.7 Å². The zero-order chi connectivity index (χ0) is 26.4. The van der Waals surface area contributed by atoms with Crippen molar-refractivity contribution >= 4 is 43.0 Å². The summed E-state index contributed by atoms with van der Waals surface area (Å²) in [5, 5.41) is 0. The van der Waals surface area contributed by atoms with E-state index in [1.54, 1.807) is 24.3 Å². The van der Waals surface area contributed by atoms with Gasteiger partial charge in [-0.25, -0.2) is 16.8 Å². The minimum absolute atomic E-state index is 0.129. The molecule has 2 aromatic rings. The second kappa shape index (κ2) is 11.3. The molecular weight excluding hydrogens is 484 g/mol. The molecule has 0 bridgehead atoms. The van der Waals surface area contributed by atoms with E-state index in [9.17, 15) is 26.4 Å². The van der Waals surface area contributed by atoms with Crippen molar-refractivity contribution in [2.24, 2.45) is 0 Å². The molecule has 0 fully saturated rings. The summed E-state index contributed by atoms with van der Waals surface area (Å²) in [6, 6.07) is 9.35. The van der Waals surface area contributed by atoms with Crippen molar-refractivity contribution in [3.05, 3.63) is 47.5 Å². The molecule has 0 N–H and O–H groups in total. The molecule has 0 radical (unpaired) electrons. The molecule has 0 aromatic heterocycles. The predicted octanol–water partition coefficient (Wildman–Crippen LogP) is 2.59. The fraction of sp³-hybridized carbons (Fsp3) is 0.364. The van der Waals surface area contributed by atoms with Crippen LogP contribution in [0.15, 0.2) is 36.4 Å². The van der Waals surface area contributed by atoms with E-state index in [1.165, 1.54) is 54.3 Å². The monoisotopic (exact) mass is 514 g/mol. The molecule has 0 saturated carbocycles. The number of carbonyl (C=O) groups is 2. The summed E-state index contributed by atoms with van der Waals surface area (Å²) in [5.41, 5.74) is 1.58. The Balaban J connectivity index is 0.000000340. The maximum atomic E-state index is 11.5. The van der Waals surface area contributed by atoms with E-state index < -0.39 is 20.0 Å². The van der Waals surface area contributed by atoms with Gasteiger partial charge in [-0.1, -0.05) is 0 Å². The van der Waals surface area contributed by atoms with E-state index in [1.807, 2.05) is 0 Å². The summed E-state index contributed by atoms with van der Waals surface area (Å²) in [5.74, 6) is 0.535. The van der Waals surface area contributed by atoms with E-state index in [2.05, 4.69) is 0 Å². The number of anilines is 2. The molecule has 0 aliphatic heterocycles. The van der Waals surface area contributed by atoms with Crippen molar-refractivity contribution in [1.29, 1.82) is 0 Å². The fourth-order valence-corrected chi connectivity index (χ4v) is 3.69. The first-order chi connectivity index (χ1) is 15.5. The number of methoxy groups -OCH3 is 2. The van der Waals surface area contributed by atoms with Crippen LogP contribution in [0.4, 0.5) is 11.4 Å². The number of hydrogen-bond donors (Lipinski definition) is 0. The molecular formula is C22H30N2O8S2. The van der Waals surface area contributed by atoms with Crippen LogP contribution in [-0.2, 0) is 20.0 Å². The van der Waals surface area contributed by atoms with E-state index in [4.69, 9.17) is 9.47 Å². The zero-order valence-corrected chi connectivity index (χ0v) is 22.1. The molecule has 2 rings (SSSR count). The number of hydrogen-bond acceptors (Lipinski definition) is 8. The van der Waals surface area contributed by atoms with E-state index in [0.717, 1.165) is 21.1 Å². The minimum atomic E-state index is -3.39. The molecule has 0 atom stereocenters. The average molecular weight is 515 g/mol. The molecule has 0 amide bonds. The molecule has 0 saturated heterocycles. The number of benzene rings is 2. The number of nitrogens with zero attached hydrogens (tertiary/aromatic N) is 2. The fourth-order valence-electron chi connectivity index (χ4n) is 2.69. The molecule has 12 heteroatoms. The highest BCUT2D eigenvalue weighted by Gasteiger charge is 2.18. The molecule has 0 aliphatic rings. The predicted molar refractivity (Wildman–Crippen MR) is 132 cm³/mol. The first-order valence-corrected chi connectivity index (χ1v) is 13.5. The van der Waals surface area contributed by atoms with Gasteiger partial charge in [-0.05, 0) is 50.2 Å². The largest absolute Gasteiger partial charge is 0.496 e. The van der Waals surface area contributed by atoms with Crippen LogP contribution in [0.5, 0.6) is 11.5 Å². The summed E-state index contributed by atoms with van der Waals surface area (Å²) < 4.78 is 58.0. The molecule has 0 heterocycles. The SMILES string of the molecule is COc1ccc(C(C)=O)cc1N(C)S(C)(=O)=O.COc1ccc(N(C)S(C)(=O)=O)cc1C(C)=O. The topological polar surface area (TPSA) is 127 Å². The number of ether oxygens (including phenoxy) is 2. The number of rotatable bonds is 8. The second-order valence-corrected chi connectivity index (χ2v) is 11.4. The van der Waals surface area contributed by atoms with Gasteiger partial charge >= 0.3 is 0 Å². The Kier molecular flexibility index (Phi) is 9.64. The molecule has 34 heavy (non-hydrogen) atoms. The first-order valence-electron chi connectivity index (χ1n) is 9.80. The van der Waals surface area contributed by atoms with Crippen LogP contribution in [0, 0.1) is 0 Å². The van der Waals surface area contributed by atoms with E-state index in [0.29, 0.717) is 34.0 Å². The van der Waals surface area contributed by atoms with Gasteiger partial charge in [0.15, 0.2) is 11.6 Å². The van der Waals surface area contributed by atoms with Crippen molar-refractivity contribution in [2.45, 2.75) is 13.8 Å². The van der Waals surface area contributed by atoms with Gasteiger partial charge in [0.25, 0.3) is 0 Å². The highest BCUT2D eigenvalue weighted by Crippen LogP contribution is 2.30. The molecule has 10 nitrogen and oxygen atoms in total. The van der Waals surface area contributed by atoms with Gasteiger partial charge in [0, 0.05) is 19.7 Å². The third kappa shape index (κ3) is 7.45. The lowest BCUT2D eigenvalue weighted by Crippen LogP contribution is -2.25. The molecule has 0 aliphatic carbocycles. The zero-order valence-electron chi connectivity index (χ0n) is 20.4. The Bertz CT molecular complexity index is 1270. The van der Waals surface area contributed by atoms with Crippen LogP contribution in [0.3, 0.4) is 0 Å². The van der Waals surface area contributed by atoms with Gasteiger partial charge in [-0.15, -0.1) is 0 Å². The molecule has 0 unspecified atom stereocenters. The first kappa shape index (κ1) is 28.9. The summed E-state index contributed by atoms with van der Waals surface area (Å²) in [6.45, 7) is 2.83. The Morgan fingerprint density at radius 2 is 1.24 bits per heavy atom. The summed E-state index contributed by atoms with van der Waals surface area (Å²) in [6.07, 6.45) is 2.19. The quantitative estimate of drug-likeness (QED) is 0.492. The van der Waals surface area contributed by atoms with Gasteiger partial charge < -0.3 is 9.47 Å². The van der Waals surface area contributed by atoms with Crippen LogP contribution in [0.2, 0.25) is 0 Å². The van der Waals surface area contributed by atoms with Crippen LogP contribution >= 0.6 is 0 Å².